The van der Waals surface area contributed by atoms with Crippen molar-refractivity contribution >= 4 is 71.0 Å². The summed E-state index contributed by atoms with van der Waals surface area (Å²) in [7, 11) is 0. The quantitative estimate of drug-likeness (QED) is 0.145. The minimum Gasteiger partial charge on any atom is -0.309 e. The molecule has 0 N–H and O–H groups in total. The van der Waals surface area contributed by atoms with E-state index in [-0.39, 0.29) is 0 Å². The molecule has 8 aromatic carbocycles. The number of hydrogen-bond acceptors (Lipinski definition) is 2. The molecule has 0 atom stereocenters. The largest absolute Gasteiger partial charge is 0.309 e. The predicted octanol–water partition coefficient (Wildman–Crippen LogP) is 11.0. The Morgan fingerprint density at radius 3 is 2.16 bits per heavy atom. The van der Waals surface area contributed by atoms with E-state index < -0.39 is 0 Å². The summed E-state index contributed by atoms with van der Waals surface area (Å²) in [5.41, 5.74) is 7.97. The van der Waals surface area contributed by atoms with Crippen molar-refractivity contribution in [2.24, 2.45) is 0 Å². The maximum absolute atomic E-state index is 5.24. The monoisotopic (exact) mass is 623 g/mol. The molecule has 3 nitrogen and oxygen atoms in total. The van der Waals surface area contributed by atoms with E-state index in [0.717, 1.165) is 46.4 Å². The first-order chi connectivity index (χ1) is 24.3. The fraction of sp³-hybridized carbons (Fsp3) is 0.0435. The summed E-state index contributed by atoms with van der Waals surface area (Å²) in [6, 6.07) is 52.5. The van der Waals surface area contributed by atoms with Gasteiger partial charge in [-0.2, -0.15) is 0 Å². The summed E-state index contributed by atoms with van der Waals surface area (Å²) in [6.07, 6.45) is 4.49. The Labute approximate surface area is 282 Å². The third kappa shape index (κ3) is 3.84. The zero-order chi connectivity index (χ0) is 32.1. The van der Waals surface area contributed by atoms with Crippen LogP contribution in [-0.4, -0.2) is 14.5 Å². The molecule has 10 aromatic rings. The van der Waals surface area contributed by atoms with Gasteiger partial charge in [-0.15, -0.1) is 0 Å². The Morgan fingerprint density at radius 2 is 1.27 bits per heavy atom. The van der Waals surface area contributed by atoms with Crippen molar-refractivity contribution in [3.8, 4) is 28.3 Å². The van der Waals surface area contributed by atoms with Crippen molar-refractivity contribution in [3.05, 3.63) is 157 Å². The second kappa shape index (κ2) is 10.1. The molecule has 11 rings (SSSR count). The number of aromatic nitrogens is 3. The molecule has 0 fully saturated rings. The Hall–Kier alpha value is -6.32. The first-order valence-corrected chi connectivity index (χ1v) is 17.1. The lowest BCUT2D eigenvalue weighted by molar-refractivity contribution is 1.01. The highest BCUT2D eigenvalue weighted by Gasteiger charge is 2.24. The number of rotatable bonds is 3. The lowest BCUT2D eigenvalue weighted by Crippen LogP contribution is -2.18. The molecule has 0 radical (unpaired) electrons. The molecule has 0 saturated carbocycles. The summed E-state index contributed by atoms with van der Waals surface area (Å²) in [6.45, 7) is 0. The molecule has 0 aliphatic heterocycles. The number of benzene rings is 8. The van der Waals surface area contributed by atoms with Crippen LogP contribution in [0.2, 0.25) is 0 Å². The van der Waals surface area contributed by atoms with E-state index in [2.05, 4.69) is 156 Å². The van der Waals surface area contributed by atoms with Gasteiger partial charge in [0.25, 0.3) is 0 Å². The van der Waals surface area contributed by atoms with Gasteiger partial charge >= 0.3 is 0 Å². The highest BCUT2D eigenvalue weighted by molar-refractivity contribution is 6.30. The van der Waals surface area contributed by atoms with Gasteiger partial charge in [0.1, 0.15) is 0 Å². The molecule has 228 valence electrons. The van der Waals surface area contributed by atoms with Crippen LogP contribution in [0.1, 0.15) is 12.0 Å². The SMILES string of the molecule is C1=c2c3c(c4ccc(-c5nc(-c6ccccc6)c6ccccc6n5)cc4c4cc5ccccc5c(c34)n2-c2ccc3ccccc3c2)CC1. The van der Waals surface area contributed by atoms with Crippen LogP contribution >= 0.6 is 0 Å². The summed E-state index contributed by atoms with van der Waals surface area (Å²) in [5.74, 6) is 0.750. The Bertz CT molecular complexity index is 3040. The van der Waals surface area contributed by atoms with Crippen molar-refractivity contribution in [1.29, 1.82) is 0 Å². The van der Waals surface area contributed by atoms with E-state index in [1.807, 2.05) is 0 Å². The van der Waals surface area contributed by atoms with Crippen LogP contribution in [0.25, 0.3) is 99.3 Å². The number of hydrogen-bond donors (Lipinski definition) is 0. The van der Waals surface area contributed by atoms with Gasteiger partial charge < -0.3 is 4.57 Å². The maximum Gasteiger partial charge on any atom is 0.160 e. The molecule has 0 spiro atoms. The highest BCUT2D eigenvalue weighted by Crippen LogP contribution is 2.43. The van der Waals surface area contributed by atoms with Crippen LogP contribution in [0.4, 0.5) is 0 Å². The molecule has 3 heteroatoms. The standard InChI is InChI=1S/C46H29N3/c1-2-12-29(13-3-1)44-37-17-8-9-19-40(37)47-46(48-44)32-22-24-35-36-18-10-20-41-42(36)43-39(38(35)27-32)26-31-15-6-7-16-34(31)45(43)49(41)33-23-21-28-11-4-5-14-30(28)25-33/h1-9,11-17,19-27H,10,18H2. The van der Waals surface area contributed by atoms with Gasteiger partial charge in [-0.05, 0) is 81.1 Å². The molecule has 0 unspecified atom stereocenters. The second-order valence-electron chi connectivity index (χ2n) is 13.3. The average molecular weight is 624 g/mol. The summed E-state index contributed by atoms with van der Waals surface area (Å²) < 4.78 is 2.54. The molecular weight excluding hydrogens is 595 g/mol. The molecule has 2 heterocycles. The van der Waals surface area contributed by atoms with Crippen molar-refractivity contribution in [3.63, 3.8) is 0 Å². The van der Waals surface area contributed by atoms with Crippen LogP contribution in [-0.2, 0) is 6.42 Å². The Morgan fingerprint density at radius 1 is 0.490 bits per heavy atom. The van der Waals surface area contributed by atoms with Crippen LogP contribution < -0.4 is 5.35 Å². The fourth-order valence-corrected chi connectivity index (χ4v) is 8.41. The molecule has 49 heavy (non-hydrogen) atoms. The lowest BCUT2D eigenvalue weighted by Gasteiger charge is -2.16. The molecule has 0 bridgehead atoms. The van der Waals surface area contributed by atoms with Crippen molar-refractivity contribution in [2.75, 3.05) is 0 Å². The zero-order valence-electron chi connectivity index (χ0n) is 26.7. The molecule has 0 amide bonds. The van der Waals surface area contributed by atoms with E-state index >= 15 is 0 Å². The predicted molar refractivity (Wildman–Crippen MR) is 205 cm³/mol. The number of para-hydroxylation sites is 1. The van der Waals surface area contributed by atoms with Crippen LogP contribution in [0.15, 0.2) is 146 Å². The van der Waals surface area contributed by atoms with Gasteiger partial charge in [-0.1, -0.05) is 121 Å². The van der Waals surface area contributed by atoms with Crippen LogP contribution in [0.3, 0.4) is 0 Å². The van der Waals surface area contributed by atoms with Gasteiger partial charge in [0, 0.05) is 38.4 Å². The summed E-state index contributed by atoms with van der Waals surface area (Å²) in [5, 5.41) is 14.0. The third-order valence-electron chi connectivity index (χ3n) is 10.6. The smallest absolute Gasteiger partial charge is 0.160 e. The van der Waals surface area contributed by atoms with E-state index in [1.165, 1.54) is 70.6 Å². The van der Waals surface area contributed by atoms with Gasteiger partial charge in [-0.25, -0.2) is 9.97 Å². The first-order valence-electron chi connectivity index (χ1n) is 17.1. The van der Waals surface area contributed by atoms with Crippen LogP contribution in [0.5, 0.6) is 0 Å². The summed E-state index contributed by atoms with van der Waals surface area (Å²) in [4.78, 5) is 10.4. The number of nitrogens with zero attached hydrogens (tertiary/aromatic N) is 3. The van der Waals surface area contributed by atoms with Gasteiger partial charge in [-0.3, -0.25) is 0 Å². The normalized spacial score (nSPS) is 12.9. The third-order valence-corrected chi connectivity index (χ3v) is 10.6. The molecule has 0 saturated heterocycles. The average Bonchev–Trinajstić information content (AvgIpc) is 3.53. The second-order valence-corrected chi connectivity index (χ2v) is 13.3. The minimum absolute atomic E-state index is 0.750. The van der Waals surface area contributed by atoms with E-state index in [9.17, 15) is 0 Å². The lowest BCUT2D eigenvalue weighted by atomic mass is 9.87. The highest BCUT2D eigenvalue weighted by atomic mass is 15.0. The van der Waals surface area contributed by atoms with E-state index in [1.54, 1.807) is 0 Å². The molecule has 1 aliphatic carbocycles. The summed E-state index contributed by atoms with van der Waals surface area (Å²) >= 11 is 0. The van der Waals surface area contributed by atoms with Gasteiger partial charge in [0.2, 0.25) is 0 Å². The Kier molecular flexibility index (Phi) is 5.50. The molecular formula is C46H29N3. The Balaban J connectivity index is 1.25. The fourth-order valence-electron chi connectivity index (χ4n) is 8.41. The van der Waals surface area contributed by atoms with Crippen molar-refractivity contribution < 1.29 is 0 Å². The van der Waals surface area contributed by atoms with Crippen molar-refractivity contribution in [1.82, 2.24) is 14.5 Å². The molecule has 1 aliphatic rings. The number of fused-ring (bicyclic) bond motifs is 7. The van der Waals surface area contributed by atoms with Crippen molar-refractivity contribution in [2.45, 2.75) is 12.8 Å². The van der Waals surface area contributed by atoms with Gasteiger partial charge in [0.15, 0.2) is 5.82 Å². The maximum atomic E-state index is 5.24. The molecule has 2 aromatic heterocycles. The zero-order valence-corrected chi connectivity index (χ0v) is 26.7. The van der Waals surface area contributed by atoms with E-state index in [4.69, 9.17) is 9.97 Å². The van der Waals surface area contributed by atoms with Crippen LogP contribution in [0, 0.1) is 0 Å². The minimum atomic E-state index is 0.750. The number of aryl methyl sites for hydroxylation is 1. The van der Waals surface area contributed by atoms with E-state index in [0.29, 0.717) is 0 Å². The first kappa shape index (κ1) is 26.7. The van der Waals surface area contributed by atoms with Gasteiger partial charge in [0.05, 0.1) is 22.1 Å². The topological polar surface area (TPSA) is 30.7 Å².